The number of fused-ring (bicyclic) bond motifs is 1. The summed E-state index contributed by atoms with van der Waals surface area (Å²) >= 11 is 0. The van der Waals surface area contributed by atoms with Crippen LogP contribution < -0.4 is 5.48 Å². The summed E-state index contributed by atoms with van der Waals surface area (Å²) in [4.78, 5) is 12.4. The van der Waals surface area contributed by atoms with Crippen molar-refractivity contribution in [3.63, 3.8) is 0 Å². The maximum atomic E-state index is 13.2. The smallest absolute Gasteiger partial charge is 0.424 e. The molecule has 25 heavy (non-hydrogen) atoms. The number of nitrogens with one attached hydrogen (secondary N) is 1. The van der Waals surface area contributed by atoms with E-state index in [1.54, 1.807) is 26.3 Å². The molecule has 138 valence electrons. The summed E-state index contributed by atoms with van der Waals surface area (Å²) in [5.74, 6) is 0. The third-order valence-corrected chi connectivity index (χ3v) is 6.01. The normalized spacial score (nSPS) is 25.2. The van der Waals surface area contributed by atoms with Crippen LogP contribution in [0.4, 0.5) is 10.5 Å². The maximum absolute atomic E-state index is 13.2. The van der Waals surface area contributed by atoms with Gasteiger partial charge in [0.1, 0.15) is 16.6 Å². The van der Waals surface area contributed by atoms with Crippen LogP contribution in [0.1, 0.15) is 33.6 Å². The lowest BCUT2D eigenvalue weighted by Gasteiger charge is -2.31. The van der Waals surface area contributed by atoms with E-state index in [1.165, 1.54) is 24.3 Å². The van der Waals surface area contributed by atoms with Crippen LogP contribution in [0.2, 0.25) is 0 Å². The second-order valence-corrected chi connectivity index (χ2v) is 8.95. The Balaban J connectivity index is 2.02. The van der Waals surface area contributed by atoms with Crippen molar-refractivity contribution in [2.75, 3.05) is 5.48 Å². The van der Waals surface area contributed by atoms with Gasteiger partial charge in [0.05, 0.1) is 12.1 Å². The fourth-order valence-corrected chi connectivity index (χ4v) is 4.74. The van der Waals surface area contributed by atoms with Crippen molar-refractivity contribution < 1.29 is 22.7 Å². The Morgan fingerprint density at radius 1 is 1.32 bits per heavy atom. The lowest BCUT2D eigenvalue weighted by molar-refractivity contribution is 0.0311. The van der Waals surface area contributed by atoms with Crippen molar-refractivity contribution in [1.29, 1.82) is 0 Å². The maximum Gasteiger partial charge on any atom is 0.424 e. The summed E-state index contributed by atoms with van der Waals surface area (Å²) in [6.45, 7) is 4.98. The number of anilines is 1. The van der Waals surface area contributed by atoms with Crippen molar-refractivity contribution in [3.05, 3.63) is 29.5 Å². The summed E-state index contributed by atoms with van der Waals surface area (Å²) in [6, 6.07) is 5.02. The molecule has 1 saturated carbocycles. The van der Waals surface area contributed by atoms with Gasteiger partial charge in [-0.15, -0.1) is 0 Å². The first-order chi connectivity index (χ1) is 11.6. The predicted molar refractivity (Wildman–Crippen MR) is 90.4 cm³/mol. The number of benzene rings is 1. The first-order valence-corrected chi connectivity index (χ1v) is 9.49. The number of sulfonamides is 1. The van der Waals surface area contributed by atoms with Crippen LogP contribution in [-0.2, 0) is 19.5 Å². The lowest BCUT2D eigenvalue weighted by atomic mass is 10.2. The highest BCUT2D eigenvalue weighted by molar-refractivity contribution is 7.89. The number of carbonyl (C=O) groups is 1. The van der Waals surface area contributed by atoms with Gasteiger partial charge in [0.15, 0.2) is 0 Å². The molecule has 0 radical (unpaired) electrons. The summed E-state index contributed by atoms with van der Waals surface area (Å²) < 4.78 is 37.8. The predicted octanol–water partition coefficient (Wildman–Crippen LogP) is 2.45. The van der Waals surface area contributed by atoms with E-state index in [0.717, 1.165) is 4.31 Å². The van der Waals surface area contributed by atoms with Gasteiger partial charge in [-0.25, -0.2) is 13.2 Å². The molecule has 1 N–H and O–H groups in total. The number of epoxide rings is 1. The van der Waals surface area contributed by atoms with Gasteiger partial charge in [0.2, 0.25) is 0 Å². The van der Waals surface area contributed by atoms with Crippen LogP contribution in [0.3, 0.4) is 0 Å². The fourth-order valence-electron chi connectivity index (χ4n) is 3.08. The van der Waals surface area contributed by atoms with Crippen LogP contribution in [0.25, 0.3) is 0 Å². The topological polar surface area (TPSA) is 111 Å². The molecule has 0 bridgehead atoms. The first-order valence-electron chi connectivity index (χ1n) is 8.05. The van der Waals surface area contributed by atoms with E-state index < -0.39 is 27.8 Å². The Kier molecular flexibility index (Phi) is 4.42. The molecule has 9 heteroatoms. The van der Waals surface area contributed by atoms with Crippen molar-refractivity contribution in [3.8, 4) is 0 Å². The van der Waals surface area contributed by atoms with E-state index in [-0.39, 0.29) is 22.8 Å². The highest BCUT2D eigenvalue weighted by atomic mass is 32.2. The van der Waals surface area contributed by atoms with Crippen LogP contribution >= 0.6 is 0 Å². The number of hydrogen-bond acceptors (Lipinski definition) is 7. The first kappa shape index (κ1) is 18.0. The molecule has 2 fully saturated rings. The number of para-hydroxylation sites is 1. The molecule has 1 heterocycles. The molecule has 8 nitrogen and oxygen atoms in total. The van der Waals surface area contributed by atoms with Crippen molar-refractivity contribution in [2.45, 2.75) is 62.4 Å². The molecule has 1 aromatic rings. The molecule has 1 aliphatic carbocycles. The summed E-state index contributed by atoms with van der Waals surface area (Å²) in [5, 5.41) is 11.1. The van der Waals surface area contributed by atoms with Gasteiger partial charge >= 0.3 is 6.09 Å². The Morgan fingerprint density at radius 3 is 2.52 bits per heavy atom. The van der Waals surface area contributed by atoms with Crippen molar-refractivity contribution in [2.24, 2.45) is 0 Å². The zero-order valence-corrected chi connectivity index (χ0v) is 15.1. The number of carbonyl (C=O) groups excluding carboxylic acids is 1. The minimum atomic E-state index is -4.29. The van der Waals surface area contributed by atoms with Gasteiger partial charge in [-0.2, -0.15) is 4.31 Å². The van der Waals surface area contributed by atoms with Gasteiger partial charge in [0.25, 0.3) is 10.0 Å². The highest BCUT2D eigenvalue weighted by Crippen LogP contribution is 2.43. The molecule has 0 spiro atoms. The van der Waals surface area contributed by atoms with E-state index >= 15 is 0 Å². The third-order valence-electron chi connectivity index (χ3n) is 4.16. The molecule has 1 saturated heterocycles. The summed E-state index contributed by atoms with van der Waals surface area (Å²) in [7, 11) is -4.29. The molecule has 0 unspecified atom stereocenters. The molecular weight excluding hydrogens is 348 g/mol. The lowest BCUT2D eigenvalue weighted by Crippen LogP contribution is -2.48. The average molecular weight is 369 g/mol. The van der Waals surface area contributed by atoms with Gasteiger partial charge < -0.3 is 20.2 Å². The van der Waals surface area contributed by atoms with Crippen LogP contribution in [0, 0.1) is 5.21 Å². The average Bonchev–Trinajstić information content (AvgIpc) is 3.19. The summed E-state index contributed by atoms with van der Waals surface area (Å²) in [6.07, 6.45) is -0.103. The summed E-state index contributed by atoms with van der Waals surface area (Å²) in [5.41, 5.74) is 0.636. The third kappa shape index (κ3) is 3.44. The van der Waals surface area contributed by atoms with Gasteiger partial charge in [-0.3, -0.25) is 0 Å². The minimum Gasteiger partial charge on any atom is -0.761 e. The van der Waals surface area contributed by atoms with E-state index in [9.17, 15) is 18.4 Å². The van der Waals surface area contributed by atoms with E-state index in [1.807, 2.05) is 0 Å². The van der Waals surface area contributed by atoms with Gasteiger partial charge in [-0.05, 0) is 45.7 Å². The quantitative estimate of drug-likeness (QED) is 0.641. The molecule has 3 rings (SSSR count). The Morgan fingerprint density at radius 2 is 2.00 bits per heavy atom. The molecule has 3 atom stereocenters. The van der Waals surface area contributed by atoms with Gasteiger partial charge in [0, 0.05) is 5.69 Å². The Hall–Kier alpha value is -1.84. The molecule has 1 aliphatic heterocycles. The van der Waals surface area contributed by atoms with Crippen molar-refractivity contribution >= 4 is 21.8 Å². The zero-order valence-electron chi connectivity index (χ0n) is 14.3. The second-order valence-electron chi connectivity index (χ2n) is 7.16. The van der Waals surface area contributed by atoms with E-state index in [0.29, 0.717) is 12.8 Å². The highest BCUT2D eigenvalue weighted by Gasteiger charge is 2.57. The monoisotopic (exact) mass is 369 g/mol. The van der Waals surface area contributed by atoms with Crippen LogP contribution in [0.5, 0.6) is 0 Å². The van der Waals surface area contributed by atoms with Crippen molar-refractivity contribution in [1.82, 2.24) is 4.31 Å². The largest absolute Gasteiger partial charge is 0.761 e. The van der Waals surface area contributed by atoms with Crippen LogP contribution in [0.15, 0.2) is 29.2 Å². The SMILES string of the molecule is CC(C)(C)OC(=O)N([C@H]1CC[C@@H]2O[C@@H]21)S(=O)(=O)c1ccccc1N[O-]. The minimum absolute atomic E-state index is 0.0157. The Labute approximate surface area is 146 Å². The molecule has 2 aliphatic rings. The van der Waals surface area contributed by atoms with E-state index in [2.05, 4.69) is 0 Å². The molecular formula is C16H21N2O6S-. The standard InChI is InChI=1S/C16H21N2O6S/c1-16(2,3)24-15(19)18(11-8-9-12-14(11)23-12)25(21,22)13-7-5-4-6-10(13)17-20/h4-7,11-12,14,17H,8-9H2,1-3H3/q-1/t11-,12-,14+/m0/s1. The second kappa shape index (κ2) is 6.15. The fraction of sp³-hybridized carbons (Fsp3) is 0.562. The number of amides is 1. The molecule has 1 amide bonds. The number of hydrogen-bond donors (Lipinski definition) is 1. The zero-order chi connectivity index (χ0) is 18.4. The number of rotatable bonds is 4. The number of nitrogens with zero attached hydrogens (tertiary/aromatic N) is 1. The van der Waals surface area contributed by atoms with Crippen LogP contribution in [-0.4, -0.2) is 42.7 Å². The molecule has 0 aromatic heterocycles. The van der Waals surface area contributed by atoms with E-state index in [4.69, 9.17) is 9.47 Å². The number of ether oxygens (including phenoxy) is 2. The molecule has 1 aromatic carbocycles. The van der Waals surface area contributed by atoms with Gasteiger partial charge in [-0.1, -0.05) is 12.1 Å². The Bertz CT molecular complexity index is 773.